The van der Waals surface area contributed by atoms with E-state index in [9.17, 15) is 0 Å². The zero-order valence-corrected chi connectivity index (χ0v) is 13.3. The minimum Gasteiger partial charge on any atom is -0.173 e. The predicted octanol–water partition coefficient (Wildman–Crippen LogP) is 6.40. The van der Waals surface area contributed by atoms with Crippen molar-refractivity contribution in [1.29, 1.82) is 0 Å². The highest BCUT2D eigenvalue weighted by atomic mass is 32.1. The average molecular weight is 259 g/mol. The molecule has 0 saturated heterocycles. The van der Waals surface area contributed by atoms with Crippen LogP contribution in [0.1, 0.15) is 97.8 Å². The molecule has 17 heavy (non-hydrogen) atoms. The summed E-state index contributed by atoms with van der Waals surface area (Å²) in [5.74, 6) is 0. The van der Waals surface area contributed by atoms with Gasteiger partial charge in [-0.3, -0.25) is 0 Å². The lowest BCUT2D eigenvalue weighted by Gasteiger charge is -2.23. The Kier molecular flexibility index (Phi) is 11.7. The van der Waals surface area contributed by atoms with Gasteiger partial charge in [-0.05, 0) is 12.8 Å². The van der Waals surface area contributed by atoms with Crippen molar-refractivity contribution in [2.45, 2.75) is 103 Å². The molecule has 0 N–H and O–H groups in total. The van der Waals surface area contributed by atoms with Gasteiger partial charge >= 0.3 is 0 Å². The van der Waals surface area contributed by atoms with E-state index in [0.29, 0.717) is 4.75 Å². The van der Waals surface area contributed by atoms with Crippen LogP contribution in [-0.2, 0) is 0 Å². The second-order valence-electron chi connectivity index (χ2n) is 5.83. The van der Waals surface area contributed by atoms with E-state index in [1.54, 1.807) is 0 Å². The zero-order chi connectivity index (χ0) is 13.0. The third-order valence-corrected chi connectivity index (χ3v) is 4.09. The van der Waals surface area contributed by atoms with Crippen molar-refractivity contribution < 1.29 is 0 Å². The van der Waals surface area contributed by atoms with Crippen molar-refractivity contribution in [3.05, 3.63) is 0 Å². The minimum atomic E-state index is 0.290. The van der Waals surface area contributed by atoms with Crippen LogP contribution >= 0.6 is 12.6 Å². The van der Waals surface area contributed by atoms with E-state index in [4.69, 9.17) is 12.6 Å². The van der Waals surface area contributed by atoms with E-state index in [1.807, 2.05) is 0 Å². The number of rotatable bonds is 12. The summed E-state index contributed by atoms with van der Waals surface area (Å²) in [6, 6.07) is 0. The number of hydrogen-bond donors (Lipinski definition) is 1. The van der Waals surface area contributed by atoms with E-state index in [0.717, 1.165) is 0 Å². The van der Waals surface area contributed by atoms with Crippen molar-refractivity contribution in [2.24, 2.45) is 0 Å². The van der Waals surface area contributed by atoms with Crippen LogP contribution in [0.15, 0.2) is 0 Å². The molecule has 0 amide bonds. The first-order valence-electron chi connectivity index (χ1n) is 7.84. The van der Waals surface area contributed by atoms with Crippen molar-refractivity contribution >= 4 is 12.6 Å². The molecule has 0 nitrogen and oxygen atoms in total. The molecule has 0 heterocycles. The number of hydrogen-bond acceptors (Lipinski definition) is 1. The molecule has 104 valence electrons. The standard InChI is InChI=1S/C16H34S/c1-4-6-8-10-12-14-16(3,17)15-13-11-9-7-5-2/h17H,4-15H2,1-3H3. The summed E-state index contributed by atoms with van der Waals surface area (Å²) in [6.45, 7) is 6.88. The summed E-state index contributed by atoms with van der Waals surface area (Å²) in [7, 11) is 0. The molecule has 0 spiro atoms. The Morgan fingerprint density at radius 2 is 1.00 bits per heavy atom. The van der Waals surface area contributed by atoms with Crippen molar-refractivity contribution in [2.75, 3.05) is 0 Å². The SMILES string of the molecule is CCCCCCCC(C)(S)CCCCCCC. The van der Waals surface area contributed by atoms with Crippen LogP contribution in [0.2, 0.25) is 0 Å². The van der Waals surface area contributed by atoms with E-state index < -0.39 is 0 Å². The van der Waals surface area contributed by atoms with Gasteiger partial charge in [0.2, 0.25) is 0 Å². The molecule has 0 unspecified atom stereocenters. The van der Waals surface area contributed by atoms with Gasteiger partial charge in [-0.25, -0.2) is 0 Å². The highest BCUT2D eigenvalue weighted by Crippen LogP contribution is 2.28. The lowest BCUT2D eigenvalue weighted by atomic mass is 9.95. The molecule has 0 aliphatic carbocycles. The minimum absolute atomic E-state index is 0.290. The average Bonchev–Trinajstić information content (AvgIpc) is 2.28. The van der Waals surface area contributed by atoms with Crippen LogP contribution in [-0.4, -0.2) is 4.75 Å². The first kappa shape index (κ1) is 17.4. The molecule has 0 atom stereocenters. The lowest BCUT2D eigenvalue weighted by molar-refractivity contribution is 0.472. The van der Waals surface area contributed by atoms with E-state index in [2.05, 4.69) is 20.8 Å². The Hall–Kier alpha value is 0.350. The normalized spacial score (nSPS) is 12.0. The Balaban J connectivity index is 3.38. The molecule has 0 aromatic carbocycles. The van der Waals surface area contributed by atoms with Crippen LogP contribution < -0.4 is 0 Å². The third kappa shape index (κ3) is 12.6. The Morgan fingerprint density at radius 3 is 1.35 bits per heavy atom. The second kappa shape index (κ2) is 11.4. The van der Waals surface area contributed by atoms with Gasteiger partial charge in [0, 0.05) is 4.75 Å². The summed E-state index contributed by atoms with van der Waals surface area (Å²) in [5.41, 5.74) is 0. The molecular formula is C16H34S. The van der Waals surface area contributed by atoms with Gasteiger partial charge in [0.05, 0.1) is 0 Å². The first-order valence-corrected chi connectivity index (χ1v) is 8.29. The van der Waals surface area contributed by atoms with Crippen molar-refractivity contribution in [1.82, 2.24) is 0 Å². The summed E-state index contributed by atoms with van der Waals surface area (Å²) in [5, 5.41) is 0. The van der Waals surface area contributed by atoms with E-state index in [1.165, 1.54) is 77.0 Å². The Bertz CT molecular complexity index is 136. The summed E-state index contributed by atoms with van der Waals surface area (Å²) in [6.07, 6.45) is 16.5. The molecule has 0 fully saturated rings. The fourth-order valence-corrected chi connectivity index (χ4v) is 2.66. The van der Waals surface area contributed by atoms with Gasteiger partial charge in [-0.1, -0.05) is 85.0 Å². The predicted molar refractivity (Wildman–Crippen MR) is 84.1 cm³/mol. The monoisotopic (exact) mass is 258 g/mol. The lowest BCUT2D eigenvalue weighted by Crippen LogP contribution is -2.16. The molecule has 0 aromatic rings. The molecule has 0 aliphatic heterocycles. The maximum absolute atomic E-state index is 4.84. The quantitative estimate of drug-likeness (QED) is 0.304. The molecule has 0 saturated carbocycles. The highest BCUT2D eigenvalue weighted by Gasteiger charge is 2.17. The van der Waals surface area contributed by atoms with Crippen molar-refractivity contribution in [3.8, 4) is 0 Å². The largest absolute Gasteiger partial charge is 0.173 e. The molecule has 1 heteroatoms. The highest BCUT2D eigenvalue weighted by molar-refractivity contribution is 7.81. The van der Waals surface area contributed by atoms with Crippen LogP contribution in [0.5, 0.6) is 0 Å². The van der Waals surface area contributed by atoms with Crippen LogP contribution in [0.4, 0.5) is 0 Å². The van der Waals surface area contributed by atoms with Gasteiger partial charge in [0.25, 0.3) is 0 Å². The van der Waals surface area contributed by atoms with Gasteiger partial charge in [-0.2, -0.15) is 12.6 Å². The molecule has 0 rings (SSSR count). The summed E-state index contributed by atoms with van der Waals surface area (Å²) in [4.78, 5) is 0. The molecule has 0 aliphatic rings. The fraction of sp³-hybridized carbons (Fsp3) is 1.00. The second-order valence-corrected chi connectivity index (χ2v) is 6.91. The third-order valence-electron chi connectivity index (χ3n) is 3.64. The zero-order valence-electron chi connectivity index (χ0n) is 12.4. The first-order chi connectivity index (χ1) is 8.12. The molecule has 0 bridgehead atoms. The van der Waals surface area contributed by atoms with E-state index >= 15 is 0 Å². The van der Waals surface area contributed by atoms with Gasteiger partial charge in [0.15, 0.2) is 0 Å². The van der Waals surface area contributed by atoms with Crippen molar-refractivity contribution in [3.63, 3.8) is 0 Å². The van der Waals surface area contributed by atoms with Gasteiger partial charge in [-0.15, -0.1) is 0 Å². The van der Waals surface area contributed by atoms with E-state index in [-0.39, 0.29) is 0 Å². The van der Waals surface area contributed by atoms with Gasteiger partial charge in [0.1, 0.15) is 0 Å². The smallest absolute Gasteiger partial charge is 0.0101 e. The maximum atomic E-state index is 4.84. The molecule has 0 aromatic heterocycles. The van der Waals surface area contributed by atoms with Crippen LogP contribution in [0.3, 0.4) is 0 Å². The Morgan fingerprint density at radius 1 is 0.647 bits per heavy atom. The number of thiol groups is 1. The fourth-order valence-electron chi connectivity index (χ4n) is 2.34. The van der Waals surface area contributed by atoms with Crippen LogP contribution in [0.25, 0.3) is 0 Å². The van der Waals surface area contributed by atoms with Crippen LogP contribution in [0, 0.1) is 0 Å². The molecular weight excluding hydrogens is 224 g/mol. The number of unbranched alkanes of at least 4 members (excludes halogenated alkanes) is 8. The maximum Gasteiger partial charge on any atom is 0.0101 e. The molecule has 0 radical (unpaired) electrons. The topological polar surface area (TPSA) is 0 Å². The van der Waals surface area contributed by atoms with Gasteiger partial charge < -0.3 is 0 Å². The summed E-state index contributed by atoms with van der Waals surface area (Å²) < 4.78 is 0.290. The summed E-state index contributed by atoms with van der Waals surface area (Å²) >= 11 is 4.84. The Labute approximate surface area is 115 Å².